The van der Waals surface area contributed by atoms with E-state index < -0.39 is 30.1 Å². The predicted molar refractivity (Wildman–Crippen MR) is 117 cm³/mol. The van der Waals surface area contributed by atoms with Gasteiger partial charge in [-0.1, -0.05) is 0 Å². The first-order valence-electron chi connectivity index (χ1n) is 11.2. The van der Waals surface area contributed by atoms with Gasteiger partial charge in [0.15, 0.2) is 5.82 Å². The van der Waals surface area contributed by atoms with E-state index in [4.69, 9.17) is 29.3 Å². The number of halogens is 7. The van der Waals surface area contributed by atoms with Crippen LogP contribution in [0, 0.1) is 11.2 Å². The van der Waals surface area contributed by atoms with Gasteiger partial charge in [0.1, 0.15) is 0 Å². The van der Waals surface area contributed by atoms with Crippen LogP contribution >= 0.6 is 0 Å². The Morgan fingerprint density at radius 1 is 1.18 bits per heavy atom. The van der Waals surface area contributed by atoms with Crippen LogP contribution in [-0.2, 0) is 27.9 Å². The molecule has 2 N–H and O–H groups in total. The van der Waals surface area contributed by atoms with Gasteiger partial charge in [-0.2, -0.15) is 31.4 Å². The summed E-state index contributed by atoms with van der Waals surface area (Å²) in [4.78, 5) is 24.2. The van der Waals surface area contributed by atoms with Crippen LogP contribution in [0.5, 0.6) is 5.88 Å². The van der Waals surface area contributed by atoms with Crippen LogP contribution in [-0.4, -0.2) is 86.6 Å². The van der Waals surface area contributed by atoms with E-state index in [1.165, 1.54) is 11.6 Å². The maximum absolute atomic E-state index is 13.8. The van der Waals surface area contributed by atoms with Crippen molar-refractivity contribution in [2.24, 2.45) is 12.5 Å². The third-order valence-electron chi connectivity index (χ3n) is 5.72. The predicted octanol–water partition coefficient (Wildman–Crippen LogP) is 3.28. The van der Waals surface area contributed by atoms with Gasteiger partial charge in [-0.3, -0.25) is 9.58 Å². The Labute approximate surface area is 216 Å². The molecule has 0 unspecified atom stereocenters. The average Bonchev–Trinajstić information content (AvgIpc) is 3.43. The molecule has 0 spiro atoms. The number of rotatable bonds is 5. The number of aliphatic carboxylic acids is 2. The highest BCUT2D eigenvalue weighted by Crippen LogP contribution is 2.41. The van der Waals surface area contributed by atoms with Crippen molar-refractivity contribution in [3.63, 3.8) is 0 Å². The van der Waals surface area contributed by atoms with Crippen LogP contribution in [0.2, 0.25) is 0 Å². The van der Waals surface area contributed by atoms with Crippen LogP contribution in [0.15, 0.2) is 30.7 Å². The van der Waals surface area contributed by atoms with Gasteiger partial charge in [-0.05, 0) is 25.0 Å². The highest BCUT2D eigenvalue weighted by atomic mass is 19.4. The van der Waals surface area contributed by atoms with E-state index in [2.05, 4.69) is 15.0 Å². The molecule has 4 heterocycles. The first-order chi connectivity index (χ1) is 18.0. The first-order valence-corrected chi connectivity index (χ1v) is 11.2. The largest absolute Gasteiger partial charge is 0.490 e. The molecule has 17 heteroatoms. The number of hydrogen-bond acceptors (Lipinski definition) is 7. The lowest BCUT2D eigenvalue weighted by molar-refractivity contribution is -0.193. The Hall–Kier alpha value is -3.47. The van der Waals surface area contributed by atoms with Crippen LogP contribution in [0.4, 0.5) is 30.7 Å². The van der Waals surface area contributed by atoms with E-state index in [9.17, 15) is 30.7 Å². The number of hydrogen-bond donors (Lipinski definition) is 2. The normalized spacial score (nSPS) is 21.1. The highest BCUT2D eigenvalue weighted by Gasteiger charge is 2.48. The third-order valence-corrected chi connectivity index (χ3v) is 5.72. The minimum atomic E-state index is -5.08. The number of likely N-dealkylation sites (tertiary alicyclic amines) is 1. The van der Waals surface area contributed by atoms with Gasteiger partial charge in [0, 0.05) is 56.7 Å². The molecule has 2 aliphatic rings. The number of nitrogens with zero attached hydrogens (tertiary/aromatic N) is 4. The zero-order valence-corrected chi connectivity index (χ0v) is 20.4. The van der Waals surface area contributed by atoms with E-state index in [1.807, 2.05) is 24.1 Å². The lowest BCUT2D eigenvalue weighted by Crippen LogP contribution is -2.52. The molecule has 10 nitrogen and oxygen atoms in total. The summed E-state index contributed by atoms with van der Waals surface area (Å²) in [5, 5.41) is 18.5. The number of carboxylic acids is 2. The molecule has 2 aromatic rings. The second-order valence-electron chi connectivity index (χ2n) is 8.68. The van der Waals surface area contributed by atoms with E-state index in [0.717, 1.165) is 39.1 Å². The number of carbonyl (C=O) groups is 2. The number of fused-ring (bicyclic) bond motifs is 1. The van der Waals surface area contributed by atoms with Crippen molar-refractivity contribution in [1.82, 2.24) is 19.7 Å². The Morgan fingerprint density at radius 3 is 2.31 bits per heavy atom. The van der Waals surface area contributed by atoms with Crippen LogP contribution < -0.4 is 4.74 Å². The van der Waals surface area contributed by atoms with E-state index in [1.54, 1.807) is 12.3 Å². The molecule has 4 rings (SSSR count). The molecule has 2 fully saturated rings. The summed E-state index contributed by atoms with van der Waals surface area (Å²) < 4.78 is 90.8. The van der Waals surface area contributed by atoms with Crippen LogP contribution in [0.1, 0.15) is 18.4 Å². The number of ether oxygens (including phenoxy) is 2. The number of pyridine rings is 1. The zero-order valence-electron chi connectivity index (χ0n) is 20.4. The van der Waals surface area contributed by atoms with Gasteiger partial charge >= 0.3 is 24.3 Å². The maximum Gasteiger partial charge on any atom is 0.490 e. The second kappa shape index (κ2) is 13.1. The number of alkyl halides is 6. The Morgan fingerprint density at radius 2 is 1.79 bits per heavy atom. The molecule has 2 saturated heterocycles. The molecular formula is C22H25F7N4O6. The van der Waals surface area contributed by atoms with Crippen molar-refractivity contribution >= 4 is 11.9 Å². The van der Waals surface area contributed by atoms with Crippen molar-refractivity contribution in [3.05, 3.63) is 42.1 Å². The Balaban J connectivity index is 0.000000317. The lowest BCUT2D eigenvalue weighted by Gasteiger charge is -2.43. The fourth-order valence-corrected chi connectivity index (χ4v) is 3.98. The summed E-state index contributed by atoms with van der Waals surface area (Å²) >= 11 is 0. The fraction of sp³-hybridized carbons (Fsp3) is 0.545. The molecule has 2 aromatic heterocycles. The number of aromatic nitrogens is 3. The van der Waals surface area contributed by atoms with Gasteiger partial charge in [0.2, 0.25) is 5.88 Å². The van der Waals surface area contributed by atoms with Crippen LogP contribution in [0.3, 0.4) is 0 Å². The van der Waals surface area contributed by atoms with Crippen molar-refractivity contribution in [1.29, 1.82) is 0 Å². The van der Waals surface area contributed by atoms with E-state index in [0.29, 0.717) is 6.61 Å². The monoisotopic (exact) mass is 574 g/mol. The minimum Gasteiger partial charge on any atom is -0.475 e. The SMILES string of the molecule is Cn1cc(CN2CC[C@H]3OCC[C@@]3(COc3ncccc3F)C2)cn1.O=C(O)C(F)(F)F.O=C(O)C(F)(F)F. The molecule has 0 aromatic carbocycles. The van der Waals surface area contributed by atoms with E-state index >= 15 is 0 Å². The summed E-state index contributed by atoms with van der Waals surface area (Å²) in [5.41, 5.74) is 1.09. The Bertz CT molecular complexity index is 1090. The molecule has 0 saturated carbocycles. The van der Waals surface area contributed by atoms with Crippen molar-refractivity contribution in [2.75, 3.05) is 26.3 Å². The summed E-state index contributed by atoms with van der Waals surface area (Å²) in [6.07, 6.45) is -2.60. The van der Waals surface area contributed by atoms with Crippen molar-refractivity contribution in [2.45, 2.75) is 37.8 Å². The smallest absolute Gasteiger partial charge is 0.475 e. The van der Waals surface area contributed by atoms with Crippen molar-refractivity contribution in [3.8, 4) is 5.88 Å². The second-order valence-corrected chi connectivity index (χ2v) is 8.68. The Kier molecular flexibility index (Phi) is 10.6. The first kappa shape index (κ1) is 31.7. The molecular weight excluding hydrogens is 549 g/mol. The summed E-state index contributed by atoms with van der Waals surface area (Å²) in [6, 6.07) is 2.94. The molecule has 2 aliphatic heterocycles. The number of carboxylic acid groups (broad SMARTS) is 2. The molecule has 2 atom stereocenters. The zero-order chi connectivity index (χ0) is 29.4. The van der Waals surface area contributed by atoms with E-state index in [-0.39, 0.29) is 17.4 Å². The van der Waals surface area contributed by atoms with Crippen molar-refractivity contribution < 1.29 is 60.0 Å². The third kappa shape index (κ3) is 9.65. The molecule has 39 heavy (non-hydrogen) atoms. The molecule has 0 bridgehead atoms. The lowest BCUT2D eigenvalue weighted by atomic mass is 9.77. The van der Waals surface area contributed by atoms with Gasteiger partial charge in [-0.25, -0.2) is 19.0 Å². The minimum absolute atomic E-state index is 0.0758. The molecule has 218 valence electrons. The maximum atomic E-state index is 13.8. The molecule has 0 amide bonds. The molecule has 0 aliphatic carbocycles. The summed E-state index contributed by atoms with van der Waals surface area (Å²) in [7, 11) is 1.93. The average molecular weight is 574 g/mol. The standard InChI is InChI=1S/C18H23FN4O2.2C2HF3O2/c1-22-10-14(9-21-22)11-23-7-4-16-18(12-23,5-8-24-16)13-25-17-15(19)3-2-6-20-17;2*3-2(4,5)1(6)7/h2-3,6,9-10,16H,4-5,7-8,11-13H2,1H3;2*(H,6,7)/t16-,18+;;/m1../s1. The van der Waals surface area contributed by atoms with Crippen LogP contribution in [0.25, 0.3) is 0 Å². The number of aryl methyl sites for hydroxylation is 1. The topological polar surface area (TPSA) is 127 Å². The van der Waals surface area contributed by atoms with Gasteiger partial charge < -0.3 is 19.7 Å². The van der Waals surface area contributed by atoms with Gasteiger partial charge in [0.25, 0.3) is 0 Å². The molecule has 0 radical (unpaired) electrons. The number of piperidine rings is 1. The summed E-state index contributed by atoms with van der Waals surface area (Å²) in [6.45, 7) is 3.88. The van der Waals surface area contributed by atoms with Gasteiger partial charge in [-0.15, -0.1) is 0 Å². The summed E-state index contributed by atoms with van der Waals surface area (Å²) in [5.74, 6) is -5.86. The highest BCUT2D eigenvalue weighted by molar-refractivity contribution is 5.73. The quantitative estimate of drug-likeness (QED) is 0.518. The fourth-order valence-electron chi connectivity index (χ4n) is 3.98. The van der Waals surface area contributed by atoms with Gasteiger partial charge in [0.05, 0.1) is 18.9 Å².